The highest BCUT2D eigenvalue weighted by Gasteiger charge is 2.17. The van der Waals surface area contributed by atoms with E-state index < -0.39 is 6.10 Å². The second-order valence-electron chi connectivity index (χ2n) is 6.71. The summed E-state index contributed by atoms with van der Waals surface area (Å²) in [6.45, 7) is 0.0476. The van der Waals surface area contributed by atoms with E-state index in [9.17, 15) is 9.90 Å². The maximum atomic E-state index is 12.6. The van der Waals surface area contributed by atoms with Gasteiger partial charge < -0.3 is 14.2 Å². The van der Waals surface area contributed by atoms with Crippen LogP contribution in [0.3, 0.4) is 0 Å². The second kappa shape index (κ2) is 6.90. The number of imidazole rings is 1. The molecule has 4 aromatic heterocycles. The Labute approximate surface area is 167 Å². The van der Waals surface area contributed by atoms with Crippen molar-refractivity contribution < 1.29 is 9.63 Å². The van der Waals surface area contributed by atoms with Gasteiger partial charge in [-0.05, 0) is 17.5 Å². The number of aliphatic hydroxyl groups excluding tert-OH is 1. The minimum absolute atomic E-state index is 0.0476. The molecule has 1 aromatic carbocycles. The number of rotatable bonds is 5. The first-order chi connectivity index (χ1) is 14.1. The molecule has 0 bridgehead atoms. The van der Waals surface area contributed by atoms with Crippen LogP contribution >= 0.6 is 11.3 Å². The van der Waals surface area contributed by atoms with Crippen molar-refractivity contribution in [3.63, 3.8) is 0 Å². The van der Waals surface area contributed by atoms with E-state index in [4.69, 9.17) is 4.52 Å². The largest absolute Gasteiger partial charge is 0.387 e. The smallest absolute Gasteiger partial charge is 0.293 e. The Balaban J connectivity index is 1.35. The summed E-state index contributed by atoms with van der Waals surface area (Å²) in [6, 6.07) is 9.94. The molecule has 0 aliphatic heterocycles. The van der Waals surface area contributed by atoms with Gasteiger partial charge in [-0.1, -0.05) is 23.4 Å². The van der Waals surface area contributed by atoms with Crippen molar-refractivity contribution >= 4 is 32.5 Å². The Morgan fingerprint density at radius 1 is 1.31 bits per heavy atom. The molecule has 9 nitrogen and oxygen atoms in total. The average Bonchev–Trinajstić information content (AvgIpc) is 3.43. The fraction of sp³-hybridized carbons (Fsp3) is 0.211. The van der Waals surface area contributed by atoms with Crippen molar-refractivity contribution in [2.45, 2.75) is 19.1 Å². The number of aliphatic hydroxyl groups is 1. The van der Waals surface area contributed by atoms with Gasteiger partial charge >= 0.3 is 0 Å². The number of benzene rings is 1. The molecule has 0 radical (unpaired) electrons. The highest BCUT2D eigenvalue weighted by Crippen LogP contribution is 2.31. The quantitative estimate of drug-likeness (QED) is 0.474. The van der Waals surface area contributed by atoms with Gasteiger partial charge in [0.15, 0.2) is 5.82 Å². The van der Waals surface area contributed by atoms with Gasteiger partial charge in [-0.25, -0.2) is 9.67 Å². The van der Waals surface area contributed by atoms with Crippen molar-refractivity contribution in [3.8, 4) is 0 Å². The Bertz CT molecular complexity index is 1350. The second-order valence-corrected chi connectivity index (χ2v) is 7.82. The normalized spacial score (nSPS) is 12.8. The third-order valence-electron chi connectivity index (χ3n) is 4.67. The van der Waals surface area contributed by atoms with Gasteiger partial charge in [-0.2, -0.15) is 10.1 Å². The van der Waals surface area contributed by atoms with Crippen molar-refractivity contribution in [1.29, 1.82) is 0 Å². The highest BCUT2D eigenvalue weighted by atomic mass is 32.1. The minimum atomic E-state index is -0.732. The van der Waals surface area contributed by atoms with Crippen LogP contribution in [0.25, 0.3) is 21.1 Å². The summed E-state index contributed by atoms with van der Waals surface area (Å²) in [5, 5.41) is 19.7. The number of thiophene rings is 1. The lowest BCUT2D eigenvalue weighted by Gasteiger charge is -2.04. The van der Waals surface area contributed by atoms with Gasteiger partial charge in [0.1, 0.15) is 17.6 Å². The van der Waals surface area contributed by atoms with Crippen LogP contribution in [0.2, 0.25) is 0 Å². The molecule has 5 rings (SSSR count). The molecule has 0 saturated carbocycles. The Hall–Kier alpha value is -3.37. The number of hydrogen-bond acceptors (Lipinski definition) is 8. The van der Waals surface area contributed by atoms with Crippen LogP contribution < -0.4 is 5.56 Å². The molecule has 146 valence electrons. The van der Waals surface area contributed by atoms with Crippen molar-refractivity contribution in [2.75, 3.05) is 0 Å². The molecule has 0 unspecified atom stereocenters. The van der Waals surface area contributed by atoms with E-state index in [1.165, 1.54) is 22.2 Å². The summed E-state index contributed by atoms with van der Waals surface area (Å²) in [5.41, 5.74) is 0.707. The third kappa shape index (κ3) is 3.22. The zero-order valence-electron chi connectivity index (χ0n) is 15.4. The van der Waals surface area contributed by atoms with Gasteiger partial charge in [0.2, 0.25) is 5.89 Å². The summed E-state index contributed by atoms with van der Waals surface area (Å²) < 4.78 is 9.27. The SMILES string of the molecule is Cn1cnc2cnn(Cc3nc(C[C@H](O)c4cc5ccccc5s4)no3)c(=O)c21. The first-order valence-electron chi connectivity index (χ1n) is 8.93. The molecule has 0 aliphatic carbocycles. The van der Waals surface area contributed by atoms with Gasteiger partial charge in [0, 0.05) is 23.0 Å². The van der Waals surface area contributed by atoms with Gasteiger partial charge in [0.25, 0.3) is 5.56 Å². The van der Waals surface area contributed by atoms with E-state index >= 15 is 0 Å². The van der Waals surface area contributed by atoms with Crippen molar-refractivity contribution in [3.05, 3.63) is 69.8 Å². The maximum absolute atomic E-state index is 12.6. The number of aromatic nitrogens is 6. The zero-order valence-corrected chi connectivity index (χ0v) is 16.2. The molecule has 29 heavy (non-hydrogen) atoms. The van der Waals surface area contributed by atoms with Crippen LogP contribution in [0.5, 0.6) is 0 Å². The Morgan fingerprint density at radius 3 is 3.03 bits per heavy atom. The number of nitrogens with zero attached hydrogens (tertiary/aromatic N) is 6. The molecule has 5 aromatic rings. The number of hydrogen-bond donors (Lipinski definition) is 1. The van der Waals surface area contributed by atoms with Gasteiger partial charge in [-0.3, -0.25) is 4.79 Å². The Morgan fingerprint density at radius 2 is 2.17 bits per heavy atom. The topological polar surface area (TPSA) is 112 Å². The molecular weight excluding hydrogens is 392 g/mol. The first-order valence-corrected chi connectivity index (χ1v) is 9.75. The van der Waals surface area contributed by atoms with Crippen molar-refractivity contribution in [1.82, 2.24) is 29.5 Å². The molecule has 1 atom stereocenters. The van der Waals surface area contributed by atoms with E-state index in [-0.39, 0.29) is 24.4 Å². The molecule has 0 fully saturated rings. The lowest BCUT2D eigenvalue weighted by atomic mass is 10.2. The van der Waals surface area contributed by atoms with Crippen LogP contribution in [0.15, 0.2) is 52.2 Å². The molecule has 1 N–H and O–H groups in total. The lowest BCUT2D eigenvalue weighted by molar-refractivity contribution is 0.178. The molecule has 0 amide bonds. The third-order valence-corrected chi connectivity index (χ3v) is 5.88. The van der Waals surface area contributed by atoms with Crippen LogP contribution in [0.4, 0.5) is 0 Å². The predicted molar refractivity (Wildman–Crippen MR) is 107 cm³/mol. The molecule has 4 heterocycles. The Kier molecular flexibility index (Phi) is 4.22. The standard InChI is InChI=1S/C19H16N6O3S/c1-24-10-20-12-8-21-25(19(27)18(12)24)9-17-22-16(23-28-17)7-13(26)15-6-11-4-2-3-5-14(11)29-15/h2-6,8,10,13,26H,7,9H2,1H3/t13-/m0/s1. The number of fused-ring (bicyclic) bond motifs is 2. The summed E-state index contributed by atoms with van der Waals surface area (Å²) in [4.78, 5) is 21.8. The molecule has 0 saturated heterocycles. The summed E-state index contributed by atoms with van der Waals surface area (Å²) >= 11 is 1.54. The molecule has 10 heteroatoms. The van der Waals surface area contributed by atoms with E-state index in [1.807, 2.05) is 30.3 Å². The van der Waals surface area contributed by atoms with Gasteiger partial charge in [-0.15, -0.1) is 11.3 Å². The zero-order chi connectivity index (χ0) is 20.0. The fourth-order valence-electron chi connectivity index (χ4n) is 3.22. The fourth-order valence-corrected chi connectivity index (χ4v) is 4.27. The highest BCUT2D eigenvalue weighted by molar-refractivity contribution is 7.19. The predicted octanol–water partition coefficient (Wildman–Crippen LogP) is 2.05. The van der Waals surface area contributed by atoms with E-state index in [0.717, 1.165) is 15.0 Å². The van der Waals surface area contributed by atoms with Crippen LogP contribution in [-0.2, 0) is 20.0 Å². The summed E-state index contributed by atoms with van der Waals surface area (Å²) in [7, 11) is 1.75. The van der Waals surface area contributed by atoms with E-state index in [1.54, 1.807) is 17.9 Å². The van der Waals surface area contributed by atoms with Crippen molar-refractivity contribution in [2.24, 2.45) is 7.05 Å². The van der Waals surface area contributed by atoms with E-state index in [0.29, 0.717) is 16.9 Å². The minimum Gasteiger partial charge on any atom is -0.387 e. The number of aryl methyl sites for hydroxylation is 1. The monoisotopic (exact) mass is 408 g/mol. The lowest BCUT2D eigenvalue weighted by Crippen LogP contribution is -2.24. The van der Waals surface area contributed by atoms with Crippen LogP contribution in [-0.4, -0.2) is 34.6 Å². The van der Waals surface area contributed by atoms with Crippen LogP contribution in [0.1, 0.15) is 22.7 Å². The maximum Gasteiger partial charge on any atom is 0.293 e. The summed E-state index contributed by atoms with van der Waals surface area (Å²) in [6.07, 6.45) is 2.58. The first kappa shape index (κ1) is 17.7. The molecular formula is C19H16N6O3S. The van der Waals surface area contributed by atoms with Gasteiger partial charge in [0.05, 0.1) is 18.6 Å². The average molecular weight is 408 g/mol. The van der Waals surface area contributed by atoms with E-state index in [2.05, 4.69) is 20.2 Å². The van der Waals surface area contributed by atoms with Crippen LogP contribution in [0, 0.1) is 0 Å². The summed E-state index contributed by atoms with van der Waals surface area (Å²) in [5.74, 6) is 0.624. The molecule has 0 aliphatic rings. The molecule has 0 spiro atoms.